The van der Waals surface area contributed by atoms with Crippen LogP contribution in [0.15, 0.2) is 79.1 Å². The van der Waals surface area contributed by atoms with Gasteiger partial charge in [0, 0.05) is 24.5 Å². The Kier molecular flexibility index (Phi) is 4.79. The van der Waals surface area contributed by atoms with Crippen molar-refractivity contribution in [1.82, 2.24) is 10.3 Å². The van der Waals surface area contributed by atoms with Gasteiger partial charge < -0.3 is 5.32 Å². The van der Waals surface area contributed by atoms with Gasteiger partial charge in [0.1, 0.15) is 0 Å². The average Bonchev–Trinajstić information content (AvgIpc) is 2.63. The van der Waals surface area contributed by atoms with Gasteiger partial charge in [0.2, 0.25) is 0 Å². The van der Waals surface area contributed by atoms with Gasteiger partial charge in [-0.3, -0.25) is 9.78 Å². The molecule has 0 radical (unpaired) electrons. The Morgan fingerprint density at radius 3 is 2.17 bits per heavy atom. The summed E-state index contributed by atoms with van der Waals surface area (Å²) >= 11 is 0. The minimum absolute atomic E-state index is 0.0429. The van der Waals surface area contributed by atoms with E-state index in [1.54, 1.807) is 12.4 Å². The van der Waals surface area contributed by atoms with Crippen molar-refractivity contribution in [1.29, 1.82) is 0 Å². The molecule has 3 aromatic rings. The number of carbonyl (C=O) groups excluding carboxylic acids is 1. The molecular weight excluding hydrogens is 284 g/mol. The van der Waals surface area contributed by atoms with Gasteiger partial charge in [-0.05, 0) is 47.4 Å². The molecule has 1 N–H and O–H groups in total. The van der Waals surface area contributed by atoms with E-state index in [1.807, 2.05) is 54.6 Å². The Balaban J connectivity index is 1.58. The zero-order valence-corrected chi connectivity index (χ0v) is 12.8. The molecule has 0 aliphatic carbocycles. The van der Waals surface area contributed by atoms with Crippen LogP contribution in [0.5, 0.6) is 0 Å². The first-order chi connectivity index (χ1) is 11.3. The molecule has 0 bridgehead atoms. The van der Waals surface area contributed by atoms with Crippen molar-refractivity contribution < 1.29 is 4.79 Å². The quantitative estimate of drug-likeness (QED) is 0.780. The molecular formula is C20H18N2O. The molecule has 1 aromatic heterocycles. The van der Waals surface area contributed by atoms with Gasteiger partial charge in [-0.1, -0.05) is 42.5 Å². The minimum atomic E-state index is -0.0429. The van der Waals surface area contributed by atoms with Gasteiger partial charge in [0.05, 0.1) is 0 Å². The Morgan fingerprint density at radius 2 is 1.48 bits per heavy atom. The molecule has 1 amide bonds. The summed E-state index contributed by atoms with van der Waals surface area (Å²) < 4.78 is 0. The van der Waals surface area contributed by atoms with Crippen molar-refractivity contribution in [2.75, 3.05) is 6.54 Å². The predicted molar refractivity (Wildman–Crippen MR) is 92.2 cm³/mol. The number of hydrogen-bond acceptors (Lipinski definition) is 2. The lowest BCUT2D eigenvalue weighted by atomic mass is 10.0. The van der Waals surface area contributed by atoms with Crippen molar-refractivity contribution in [2.24, 2.45) is 0 Å². The van der Waals surface area contributed by atoms with Crippen LogP contribution in [0.2, 0.25) is 0 Å². The normalized spacial score (nSPS) is 10.3. The van der Waals surface area contributed by atoms with Gasteiger partial charge in [-0.15, -0.1) is 0 Å². The predicted octanol–water partition coefficient (Wildman–Crippen LogP) is 3.72. The van der Waals surface area contributed by atoms with Crippen LogP contribution in [-0.2, 0) is 6.42 Å². The van der Waals surface area contributed by atoms with Crippen molar-refractivity contribution in [3.63, 3.8) is 0 Å². The van der Waals surface area contributed by atoms with E-state index in [9.17, 15) is 4.79 Å². The number of aromatic nitrogens is 1. The maximum absolute atomic E-state index is 12.2. The SMILES string of the molecule is O=C(NCCc1ccncc1)c1ccc(-c2ccccc2)cc1. The molecule has 3 nitrogen and oxygen atoms in total. The van der Waals surface area contributed by atoms with E-state index in [4.69, 9.17) is 0 Å². The van der Waals surface area contributed by atoms with Crippen LogP contribution in [0.4, 0.5) is 0 Å². The van der Waals surface area contributed by atoms with E-state index in [0.717, 1.165) is 17.5 Å². The van der Waals surface area contributed by atoms with Crippen LogP contribution < -0.4 is 5.32 Å². The summed E-state index contributed by atoms with van der Waals surface area (Å²) in [5.74, 6) is -0.0429. The second-order valence-corrected chi connectivity index (χ2v) is 5.30. The van der Waals surface area contributed by atoms with Crippen molar-refractivity contribution in [3.8, 4) is 11.1 Å². The molecule has 0 saturated carbocycles. The van der Waals surface area contributed by atoms with Crippen LogP contribution >= 0.6 is 0 Å². The third-order valence-corrected chi connectivity index (χ3v) is 3.70. The molecule has 2 aromatic carbocycles. The summed E-state index contributed by atoms with van der Waals surface area (Å²) in [4.78, 5) is 16.1. The lowest BCUT2D eigenvalue weighted by molar-refractivity contribution is 0.0954. The minimum Gasteiger partial charge on any atom is -0.352 e. The van der Waals surface area contributed by atoms with Gasteiger partial charge >= 0.3 is 0 Å². The standard InChI is InChI=1S/C20H18N2O/c23-20(22-15-12-16-10-13-21-14-11-16)19-8-6-18(7-9-19)17-4-2-1-3-5-17/h1-11,13-14H,12,15H2,(H,22,23). The number of pyridine rings is 1. The first-order valence-electron chi connectivity index (χ1n) is 7.65. The number of hydrogen-bond donors (Lipinski definition) is 1. The van der Waals surface area contributed by atoms with Crippen LogP contribution in [0, 0.1) is 0 Å². The molecule has 0 aliphatic rings. The van der Waals surface area contributed by atoms with E-state index in [-0.39, 0.29) is 5.91 Å². The first-order valence-corrected chi connectivity index (χ1v) is 7.65. The van der Waals surface area contributed by atoms with Crippen LogP contribution in [-0.4, -0.2) is 17.4 Å². The summed E-state index contributed by atoms with van der Waals surface area (Å²) in [5.41, 5.74) is 4.11. The molecule has 0 spiro atoms. The molecule has 0 fully saturated rings. The van der Waals surface area contributed by atoms with Crippen LogP contribution in [0.3, 0.4) is 0 Å². The van der Waals surface area contributed by atoms with Crippen molar-refractivity contribution >= 4 is 5.91 Å². The second kappa shape index (κ2) is 7.36. The molecule has 3 heteroatoms. The average molecular weight is 302 g/mol. The fourth-order valence-electron chi connectivity index (χ4n) is 2.42. The highest BCUT2D eigenvalue weighted by Crippen LogP contribution is 2.19. The Bertz CT molecular complexity index is 753. The lowest BCUT2D eigenvalue weighted by Crippen LogP contribution is -2.25. The molecule has 0 aliphatic heterocycles. The summed E-state index contributed by atoms with van der Waals surface area (Å²) in [6.45, 7) is 0.614. The van der Waals surface area contributed by atoms with Crippen LogP contribution in [0.25, 0.3) is 11.1 Å². The van der Waals surface area contributed by atoms with Crippen molar-refractivity contribution in [3.05, 3.63) is 90.3 Å². The number of nitrogens with zero attached hydrogens (tertiary/aromatic N) is 1. The number of benzene rings is 2. The van der Waals surface area contributed by atoms with Gasteiger partial charge in [0.15, 0.2) is 0 Å². The molecule has 1 heterocycles. The zero-order valence-electron chi connectivity index (χ0n) is 12.8. The number of carbonyl (C=O) groups is 1. The number of amides is 1. The fourth-order valence-corrected chi connectivity index (χ4v) is 2.42. The number of rotatable bonds is 5. The maximum Gasteiger partial charge on any atom is 0.251 e. The highest BCUT2D eigenvalue weighted by molar-refractivity contribution is 5.94. The molecule has 0 atom stereocenters. The third kappa shape index (κ3) is 4.04. The molecule has 0 saturated heterocycles. The van der Waals surface area contributed by atoms with E-state index in [0.29, 0.717) is 12.1 Å². The Labute approximate surface area is 136 Å². The van der Waals surface area contributed by atoms with E-state index >= 15 is 0 Å². The van der Waals surface area contributed by atoms with E-state index in [2.05, 4.69) is 22.4 Å². The summed E-state index contributed by atoms with van der Waals surface area (Å²) in [5, 5.41) is 2.95. The Hall–Kier alpha value is -2.94. The van der Waals surface area contributed by atoms with Crippen LogP contribution in [0.1, 0.15) is 15.9 Å². The second-order valence-electron chi connectivity index (χ2n) is 5.30. The van der Waals surface area contributed by atoms with E-state index < -0.39 is 0 Å². The smallest absolute Gasteiger partial charge is 0.251 e. The molecule has 0 unspecified atom stereocenters. The van der Waals surface area contributed by atoms with E-state index in [1.165, 1.54) is 5.56 Å². The highest BCUT2D eigenvalue weighted by Gasteiger charge is 2.05. The largest absolute Gasteiger partial charge is 0.352 e. The Morgan fingerprint density at radius 1 is 0.826 bits per heavy atom. The maximum atomic E-state index is 12.2. The summed E-state index contributed by atoms with van der Waals surface area (Å²) in [6.07, 6.45) is 4.33. The zero-order chi connectivity index (χ0) is 15.9. The molecule has 23 heavy (non-hydrogen) atoms. The van der Waals surface area contributed by atoms with Gasteiger partial charge in [0.25, 0.3) is 5.91 Å². The summed E-state index contributed by atoms with van der Waals surface area (Å²) in [7, 11) is 0. The van der Waals surface area contributed by atoms with Crippen molar-refractivity contribution in [2.45, 2.75) is 6.42 Å². The summed E-state index contributed by atoms with van der Waals surface area (Å²) in [6, 6.07) is 21.7. The topological polar surface area (TPSA) is 42.0 Å². The highest BCUT2D eigenvalue weighted by atomic mass is 16.1. The lowest BCUT2D eigenvalue weighted by Gasteiger charge is -2.07. The monoisotopic (exact) mass is 302 g/mol. The van der Waals surface area contributed by atoms with Gasteiger partial charge in [-0.2, -0.15) is 0 Å². The third-order valence-electron chi connectivity index (χ3n) is 3.70. The van der Waals surface area contributed by atoms with Gasteiger partial charge in [-0.25, -0.2) is 0 Å². The fraction of sp³-hybridized carbons (Fsp3) is 0.100. The molecule has 114 valence electrons. The first kappa shape index (κ1) is 15.0. The number of nitrogens with one attached hydrogen (secondary N) is 1. The molecule has 3 rings (SSSR count).